The first-order valence-electron chi connectivity index (χ1n) is 7.59. The summed E-state index contributed by atoms with van der Waals surface area (Å²) in [6.07, 6.45) is 2.15. The van der Waals surface area contributed by atoms with Crippen LogP contribution in [0.5, 0.6) is 0 Å². The van der Waals surface area contributed by atoms with Crippen molar-refractivity contribution in [2.24, 2.45) is 17.3 Å². The fourth-order valence-corrected chi connectivity index (χ4v) is 3.24. The molecule has 0 bridgehead atoms. The lowest BCUT2D eigenvalue weighted by Gasteiger charge is -2.10. The van der Waals surface area contributed by atoms with Crippen LogP contribution in [-0.2, 0) is 4.79 Å². The average molecular weight is 297 g/mol. The Bertz CT molecular complexity index is 658. The number of allylic oxidation sites excluding steroid dienone is 2. The average Bonchev–Trinajstić information content (AvgIpc) is 2.89. The van der Waals surface area contributed by atoms with Gasteiger partial charge in [-0.3, -0.25) is 4.79 Å². The first kappa shape index (κ1) is 16.4. The number of hydrogen-bond acceptors (Lipinski definition) is 4. The van der Waals surface area contributed by atoms with Crippen molar-refractivity contribution in [3.05, 3.63) is 34.9 Å². The second-order valence-corrected chi connectivity index (χ2v) is 7.01. The molecule has 0 aromatic carbocycles. The number of aromatic nitrogens is 2. The summed E-state index contributed by atoms with van der Waals surface area (Å²) in [5.74, 6) is -0.126. The first-order chi connectivity index (χ1) is 10.2. The van der Waals surface area contributed by atoms with Crippen molar-refractivity contribution in [2.75, 3.05) is 0 Å². The Kier molecular flexibility index (Phi) is 4.19. The van der Waals surface area contributed by atoms with E-state index in [-0.39, 0.29) is 23.0 Å². The topological polar surface area (TPSA) is 66.6 Å². The summed E-state index contributed by atoms with van der Waals surface area (Å²) in [5, 5.41) is 9.50. The Hall–Kier alpha value is -2.02. The number of ketones is 1. The van der Waals surface area contributed by atoms with E-state index in [1.54, 1.807) is 13.0 Å². The normalized spacial score (nSPS) is 23.3. The highest BCUT2D eigenvalue weighted by Crippen LogP contribution is 2.60. The van der Waals surface area contributed by atoms with E-state index in [2.05, 4.69) is 36.0 Å². The molecule has 2 rings (SSSR count). The van der Waals surface area contributed by atoms with Gasteiger partial charge in [-0.25, -0.2) is 9.97 Å². The van der Waals surface area contributed by atoms with Crippen LogP contribution in [0.15, 0.2) is 17.7 Å². The van der Waals surface area contributed by atoms with Gasteiger partial charge in [0.2, 0.25) is 0 Å². The minimum absolute atomic E-state index is 0.0208. The SMILES string of the molecule is CC(C)=C[C@@H]1[C@H](C(=O)[C@@H](C#N)c2cc(C)nc(C)n2)C1(C)C. The van der Waals surface area contributed by atoms with Crippen molar-refractivity contribution >= 4 is 5.78 Å². The fraction of sp³-hybridized carbons (Fsp3) is 0.556. The van der Waals surface area contributed by atoms with Crippen LogP contribution in [0.3, 0.4) is 0 Å². The third-order valence-corrected chi connectivity index (χ3v) is 4.43. The molecule has 0 aliphatic heterocycles. The van der Waals surface area contributed by atoms with Crippen LogP contribution in [0.4, 0.5) is 0 Å². The molecule has 116 valence electrons. The lowest BCUT2D eigenvalue weighted by atomic mass is 9.94. The number of aryl methyl sites for hydroxylation is 2. The second kappa shape index (κ2) is 5.64. The van der Waals surface area contributed by atoms with E-state index in [1.165, 1.54) is 5.57 Å². The van der Waals surface area contributed by atoms with Crippen molar-refractivity contribution in [3.8, 4) is 6.07 Å². The predicted molar refractivity (Wildman–Crippen MR) is 85.1 cm³/mol. The molecule has 4 nitrogen and oxygen atoms in total. The van der Waals surface area contributed by atoms with Crippen molar-refractivity contribution in [2.45, 2.75) is 47.5 Å². The maximum absolute atomic E-state index is 12.9. The molecule has 1 aromatic heterocycles. The molecule has 3 atom stereocenters. The number of hydrogen-bond donors (Lipinski definition) is 0. The van der Waals surface area contributed by atoms with Gasteiger partial charge in [0, 0.05) is 11.6 Å². The Morgan fingerprint density at radius 3 is 2.50 bits per heavy atom. The van der Waals surface area contributed by atoms with Gasteiger partial charge in [0.1, 0.15) is 11.7 Å². The molecule has 4 heteroatoms. The zero-order valence-corrected chi connectivity index (χ0v) is 14.1. The minimum atomic E-state index is -0.805. The summed E-state index contributed by atoms with van der Waals surface area (Å²) >= 11 is 0. The van der Waals surface area contributed by atoms with Crippen LogP contribution in [0, 0.1) is 42.4 Å². The van der Waals surface area contributed by atoms with Gasteiger partial charge in [0.05, 0.1) is 11.8 Å². The summed E-state index contributed by atoms with van der Waals surface area (Å²) in [5.41, 5.74) is 2.43. The highest BCUT2D eigenvalue weighted by Gasteiger charge is 2.61. The van der Waals surface area contributed by atoms with Crippen LogP contribution in [0.1, 0.15) is 50.8 Å². The monoisotopic (exact) mass is 297 g/mol. The maximum atomic E-state index is 12.9. The van der Waals surface area contributed by atoms with Gasteiger partial charge < -0.3 is 0 Å². The molecular weight excluding hydrogens is 274 g/mol. The molecule has 1 aliphatic carbocycles. The summed E-state index contributed by atoms with van der Waals surface area (Å²) < 4.78 is 0. The van der Waals surface area contributed by atoms with Gasteiger partial charge in [0.15, 0.2) is 5.78 Å². The van der Waals surface area contributed by atoms with Crippen molar-refractivity contribution in [3.63, 3.8) is 0 Å². The number of rotatable bonds is 4. The van der Waals surface area contributed by atoms with Crippen LogP contribution < -0.4 is 0 Å². The zero-order valence-electron chi connectivity index (χ0n) is 14.1. The molecule has 1 aliphatic rings. The summed E-state index contributed by atoms with van der Waals surface area (Å²) in [7, 11) is 0. The van der Waals surface area contributed by atoms with Gasteiger partial charge in [-0.2, -0.15) is 5.26 Å². The van der Waals surface area contributed by atoms with E-state index < -0.39 is 5.92 Å². The minimum Gasteiger partial charge on any atom is -0.297 e. The third kappa shape index (κ3) is 2.94. The lowest BCUT2D eigenvalue weighted by Crippen LogP contribution is -2.18. The molecule has 22 heavy (non-hydrogen) atoms. The number of carbonyl (C=O) groups is 1. The van der Waals surface area contributed by atoms with Crippen molar-refractivity contribution in [1.29, 1.82) is 5.26 Å². The zero-order chi connectivity index (χ0) is 16.7. The van der Waals surface area contributed by atoms with Crippen LogP contribution in [0.25, 0.3) is 0 Å². The van der Waals surface area contributed by atoms with Gasteiger partial charge in [-0.1, -0.05) is 25.5 Å². The molecule has 1 aromatic rings. The van der Waals surface area contributed by atoms with Gasteiger partial charge >= 0.3 is 0 Å². The van der Waals surface area contributed by atoms with E-state index >= 15 is 0 Å². The van der Waals surface area contributed by atoms with Gasteiger partial charge in [-0.15, -0.1) is 0 Å². The molecular formula is C18H23N3O. The molecule has 0 unspecified atom stereocenters. The van der Waals surface area contributed by atoms with Gasteiger partial charge in [-0.05, 0) is 45.1 Å². The molecule has 1 saturated carbocycles. The number of nitrogens with zero attached hydrogens (tertiary/aromatic N) is 3. The molecule has 0 N–H and O–H groups in total. The summed E-state index contributed by atoms with van der Waals surface area (Å²) in [4.78, 5) is 21.4. The largest absolute Gasteiger partial charge is 0.297 e. The molecule has 1 fully saturated rings. The van der Waals surface area contributed by atoms with Crippen LogP contribution >= 0.6 is 0 Å². The molecule has 0 amide bonds. The molecule has 0 saturated heterocycles. The highest BCUT2D eigenvalue weighted by molar-refractivity contribution is 5.93. The van der Waals surface area contributed by atoms with Gasteiger partial charge in [0.25, 0.3) is 0 Å². The Morgan fingerprint density at radius 2 is 2.00 bits per heavy atom. The Balaban J connectivity index is 2.31. The van der Waals surface area contributed by atoms with E-state index in [0.29, 0.717) is 11.5 Å². The Morgan fingerprint density at radius 1 is 1.36 bits per heavy atom. The fourth-order valence-electron chi connectivity index (χ4n) is 3.24. The van der Waals surface area contributed by atoms with Crippen molar-refractivity contribution < 1.29 is 4.79 Å². The molecule has 0 spiro atoms. The van der Waals surface area contributed by atoms with Crippen LogP contribution in [0.2, 0.25) is 0 Å². The maximum Gasteiger partial charge on any atom is 0.160 e. The lowest BCUT2D eigenvalue weighted by molar-refractivity contribution is -0.121. The highest BCUT2D eigenvalue weighted by atomic mass is 16.1. The first-order valence-corrected chi connectivity index (χ1v) is 7.59. The van der Waals surface area contributed by atoms with Crippen molar-refractivity contribution in [1.82, 2.24) is 9.97 Å². The quantitative estimate of drug-likeness (QED) is 0.798. The Labute approximate surface area is 132 Å². The van der Waals surface area contributed by atoms with E-state index in [9.17, 15) is 10.1 Å². The standard InChI is InChI=1S/C18H23N3O/c1-10(2)7-14-16(18(14,5)6)17(22)13(9-19)15-8-11(3)20-12(4)21-15/h7-8,13-14,16H,1-6H3/t13-,14+,16+/m0/s1. The van der Waals surface area contributed by atoms with Crippen LogP contribution in [-0.4, -0.2) is 15.8 Å². The number of nitriles is 1. The summed E-state index contributed by atoms with van der Waals surface area (Å²) in [6, 6.07) is 3.89. The number of carbonyl (C=O) groups excluding carboxylic acids is 1. The second-order valence-electron chi connectivity index (χ2n) is 7.01. The predicted octanol–water partition coefficient (Wildman–Crippen LogP) is 3.51. The van der Waals surface area contributed by atoms with E-state index in [1.807, 2.05) is 20.8 Å². The number of Topliss-reactive ketones (excluding diaryl/α,β-unsaturated/α-hetero) is 1. The third-order valence-electron chi connectivity index (χ3n) is 4.43. The van der Waals surface area contributed by atoms with E-state index in [0.717, 1.165) is 5.69 Å². The molecule has 1 heterocycles. The molecule has 0 radical (unpaired) electrons. The smallest absolute Gasteiger partial charge is 0.160 e. The van der Waals surface area contributed by atoms with E-state index in [4.69, 9.17) is 0 Å². The summed E-state index contributed by atoms with van der Waals surface area (Å²) in [6.45, 7) is 11.9.